The van der Waals surface area contributed by atoms with E-state index in [0.717, 1.165) is 11.3 Å². The largest absolute Gasteiger partial charge is 0.370 e. The van der Waals surface area contributed by atoms with Crippen molar-refractivity contribution >= 4 is 17.5 Å². The van der Waals surface area contributed by atoms with Gasteiger partial charge < -0.3 is 9.64 Å². The van der Waals surface area contributed by atoms with Crippen LogP contribution >= 0.6 is 11.6 Å². The van der Waals surface area contributed by atoms with Gasteiger partial charge in [0.25, 0.3) is 5.91 Å². The molecular weight excluding hydrogens is 352 g/mol. The molecule has 1 fully saturated rings. The summed E-state index contributed by atoms with van der Waals surface area (Å²) in [4.78, 5) is 14.7. The molecule has 0 saturated carbocycles. The predicted octanol–water partition coefficient (Wildman–Crippen LogP) is 3.13. The van der Waals surface area contributed by atoms with Crippen molar-refractivity contribution in [1.82, 2.24) is 19.7 Å². The van der Waals surface area contributed by atoms with Crippen LogP contribution < -0.4 is 0 Å². The molecule has 1 amide bonds. The topological polar surface area (TPSA) is 60.2 Å². The van der Waals surface area contributed by atoms with Crippen molar-refractivity contribution in [2.45, 2.75) is 6.10 Å². The molecule has 2 heterocycles. The third-order valence-corrected chi connectivity index (χ3v) is 4.68. The van der Waals surface area contributed by atoms with Gasteiger partial charge in [-0.1, -0.05) is 23.7 Å². The second kappa shape index (κ2) is 7.27. The molecule has 0 unspecified atom stereocenters. The Morgan fingerprint density at radius 3 is 2.42 bits per heavy atom. The molecule has 7 heteroatoms. The molecule has 2 aromatic carbocycles. The van der Waals surface area contributed by atoms with Crippen molar-refractivity contribution < 1.29 is 9.53 Å². The first-order valence-corrected chi connectivity index (χ1v) is 8.70. The Morgan fingerprint density at radius 2 is 1.73 bits per heavy atom. The van der Waals surface area contributed by atoms with Crippen molar-refractivity contribution in [2.75, 3.05) is 19.7 Å². The van der Waals surface area contributed by atoms with Crippen LogP contribution in [0.25, 0.3) is 5.69 Å². The minimum atomic E-state index is -0.138. The molecule has 0 aliphatic carbocycles. The minimum absolute atomic E-state index is 0.00238. The van der Waals surface area contributed by atoms with Crippen molar-refractivity contribution in [3.05, 3.63) is 77.3 Å². The maximum absolute atomic E-state index is 12.8. The monoisotopic (exact) mass is 368 g/mol. The van der Waals surface area contributed by atoms with Crippen LogP contribution in [0.3, 0.4) is 0 Å². The second-order valence-corrected chi connectivity index (χ2v) is 6.51. The lowest BCUT2D eigenvalue weighted by Gasteiger charge is -2.33. The molecule has 1 aliphatic rings. The third kappa shape index (κ3) is 3.47. The summed E-state index contributed by atoms with van der Waals surface area (Å²) in [7, 11) is 0. The molecule has 0 bridgehead atoms. The Hall–Kier alpha value is -2.70. The number of nitrogens with zero attached hydrogens (tertiary/aromatic N) is 4. The van der Waals surface area contributed by atoms with E-state index in [4.69, 9.17) is 16.3 Å². The molecule has 6 nitrogen and oxygen atoms in total. The number of morpholine rings is 1. The molecule has 0 spiro atoms. The average Bonchev–Trinajstić information content (AvgIpc) is 3.23. The van der Waals surface area contributed by atoms with Crippen molar-refractivity contribution in [3.8, 4) is 5.69 Å². The molecule has 0 N–H and O–H groups in total. The van der Waals surface area contributed by atoms with Crippen LogP contribution in [-0.4, -0.2) is 45.3 Å². The van der Waals surface area contributed by atoms with Crippen LogP contribution in [0.5, 0.6) is 0 Å². The lowest BCUT2D eigenvalue weighted by atomic mass is 10.1. The Kier molecular flexibility index (Phi) is 4.69. The third-order valence-electron chi connectivity index (χ3n) is 4.43. The lowest BCUT2D eigenvalue weighted by molar-refractivity contribution is -0.0228. The highest BCUT2D eigenvalue weighted by Gasteiger charge is 2.26. The number of aromatic nitrogens is 3. The van der Waals surface area contributed by atoms with Gasteiger partial charge in [0, 0.05) is 22.8 Å². The zero-order valence-electron chi connectivity index (χ0n) is 14.0. The van der Waals surface area contributed by atoms with E-state index in [1.54, 1.807) is 17.2 Å². The summed E-state index contributed by atoms with van der Waals surface area (Å²) in [6, 6.07) is 15.0. The van der Waals surface area contributed by atoms with Gasteiger partial charge in [-0.05, 0) is 42.0 Å². The molecule has 1 aromatic heterocycles. The van der Waals surface area contributed by atoms with E-state index in [2.05, 4.69) is 10.2 Å². The zero-order valence-corrected chi connectivity index (χ0v) is 14.7. The first kappa shape index (κ1) is 16.8. The van der Waals surface area contributed by atoms with Crippen LogP contribution in [0.2, 0.25) is 5.02 Å². The molecule has 132 valence electrons. The number of rotatable bonds is 3. The summed E-state index contributed by atoms with van der Waals surface area (Å²) in [6.07, 6.45) is 3.10. The zero-order chi connectivity index (χ0) is 17.9. The Bertz CT molecular complexity index is 879. The number of hydrogen-bond acceptors (Lipinski definition) is 4. The molecule has 1 atom stereocenters. The fraction of sp³-hybridized carbons (Fsp3) is 0.211. The molecule has 0 radical (unpaired) electrons. The van der Waals surface area contributed by atoms with E-state index >= 15 is 0 Å². The number of halogens is 1. The van der Waals surface area contributed by atoms with Gasteiger partial charge in [0.1, 0.15) is 18.8 Å². The van der Waals surface area contributed by atoms with Gasteiger partial charge >= 0.3 is 0 Å². The first-order chi connectivity index (χ1) is 12.7. The average molecular weight is 369 g/mol. The smallest absolute Gasteiger partial charge is 0.254 e. The quantitative estimate of drug-likeness (QED) is 0.712. The Labute approximate surface area is 156 Å². The number of hydrogen-bond donors (Lipinski definition) is 0. The van der Waals surface area contributed by atoms with E-state index in [0.29, 0.717) is 30.3 Å². The second-order valence-electron chi connectivity index (χ2n) is 6.08. The number of carbonyl (C=O) groups excluding carboxylic acids is 1. The van der Waals surface area contributed by atoms with Crippen LogP contribution in [0, 0.1) is 0 Å². The molecule has 3 aromatic rings. The maximum Gasteiger partial charge on any atom is 0.254 e. The summed E-state index contributed by atoms with van der Waals surface area (Å²) < 4.78 is 7.63. The molecule has 4 rings (SSSR count). The highest BCUT2D eigenvalue weighted by atomic mass is 35.5. The standard InChI is InChI=1S/C19H17ClN4O2/c20-16-5-1-14(2-6-16)18-11-23(9-10-26-18)19(25)15-3-7-17(8-4-15)24-12-21-22-13-24/h1-8,12-13,18H,9-11H2/t18-/m1/s1. The Balaban J connectivity index is 1.48. The van der Waals surface area contributed by atoms with Gasteiger partial charge in [-0.2, -0.15) is 0 Å². The summed E-state index contributed by atoms with van der Waals surface area (Å²) in [5.74, 6) is 0.00238. The van der Waals surface area contributed by atoms with Crippen LogP contribution in [-0.2, 0) is 4.74 Å². The number of carbonyl (C=O) groups is 1. The highest BCUT2D eigenvalue weighted by Crippen LogP contribution is 2.24. The van der Waals surface area contributed by atoms with Crippen LogP contribution in [0.4, 0.5) is 0 Å². The maximum atomic E-state index is 12.8. The van der Waals surface area contributed by atoms with Gasteiger partial charge in [0.05, 0.1) is 13.2 Å². The fourth-order valence-electron chi connectivity index (χ4n) is 3.01. The SMILES string of the molecule is O=C(c1ccc(-n2cnnc2)cc1)N1CCO[C@@H](c2ccc(Cl)cc2)C1. The van der Waals surface area contributed by atoms with Gasteiger partial charge in [0.15, 0.2) is 0 Å². The van der Waals surface area contributed by atoms with Crippen molar-refractivity contribution in [2.24, 2.45) is 0 Å². The van der Waals surface area contributed by atoms with Crippen LogP contribution in [0.15, 0.2) is 61.2 Å². The first-order valence-electron chi connectivity index (χ1n) is 8.32. The highest BCUT2D eigenvalue weighted by molar-refractivity contribution is 6.30. The molecular formula is C19H17ClN4O2. The molecule has 26 heavy (non-hydrogen) atoms. The van der Waals surface area contributed by atoms with E-state index in [9.17, 15) is 4.79 Å². The fourth-order valence-corrected chi connectivity index (χ4v) is 3.13. The lowest BCUT2D eigenvalue weighted by Crippen LogP contribution is -2.42. The predicted molar refractivity (Wildman–Crippen MR) is 97.4 cm³/mol. The van der Waals surface area contributed by atoms with Gasteiger partial charge in [-0.25, -0.2) is 0 Å². The van der Waals surface area contributed by atoms with Crippen molar-refractivity contribution in [3.63, 3.8) is 0 Å². The summed E-state index contributed by atoms with van der Waals surface area (Å²) in [5.41, 5.74) is 2.58. The van der Waals surface area contributed by atoms with E-state index < -0.39 is 0 Å². The van der Waals surface area contributed by atoms with Gasteiger partial charge in [-0.3, -0.25) is 9.36 Å². The summed E-state index contributed by atoms with van der Waals surface area (Å²) >= 11 is 5.94. The van der Waals surface area contributed by atoms with Crippen LogP contribution in [0.1, 0.15) is 22.0 Å². The van der Waals surface area contributed by atoms with Gasteiger partial charge in [0.2, 0.25) is 0 Å². The Morgan fingerprint density at radius 1 is 1.04 bits per heavy atom. The number of benzene rings is 2. The number of amides is 1. The minimum Gasteiger partial charge on any atom is -0.370 e. The summed E-state index contributed by atoms with van der Waals surface area (Å²) in [6.45, 7) is 1.61. The number of ether oxygens (including phenoxy) is 1. The van der Waals surface area contributed by atoms with E-state index in [1.807, 2.05) is 53.4 Å². The van der Waals surface area contributed by atoms with Crippen molar-refractivity contribution in [1.29, 1.82) is 0 Å². The summed E-state index contributed by atoms with van der Waals surface area (Å²) in [5, 5.41) is 8.26. The van der Waals surface area contributed by atoms with E-state index in [-0.39, 0.29) is 12.0 Å². The normalized spacial score (nSPS) is 17.3. The molecule has 1 aliphatic heterocycles. The molecule has 1 saturated heterocycles. The van der Waals surface area contributed by atoms with Gasteiger partial charge in [-0.15, -0.1) is 10.2 Å². The van der Waals surface area contributed by atoms with E-state index in [1.165, 1.54) is 0 Å².